The van der Waals surface area contributed by atoms with Crippen LogP contribution in [0.2, 0.25) is 0 Å². The quantitative estimate of drug-likeness (QED) is 0.730. The van der Waals surface area contributed by atoms with E-state index < -0.39 is 30.1 Å². The summed E-state index contributed by atoms with van der Waals surface area (Å²) in [6.07, 6.45) is 0. The fourth-order valence-electron chi connectivity index (χ4n) is 1.69. The van der Waals surface area contributed by atoms with Gasteiger partial charge in [-0.25, -0.2) is 8.78 Å². The van der Waals surface area contributed by atoms with Gasteiger partial charge in [0.15, 0.2) is 0 Å². The molecule has 4 nitrogen and oxygen atoms in total. The van der Waals surface area contributed by atoms with Crippen molar-refractivity contribution in [1.82, 2.24) is 0 Å². The molecule has 20 heavy (non-hydrogen) atoms. The summed E-state index contributed by atoms with van der Waals surface area (Å²) in [6.45, 7) is 0. The van der Waals surface area contributed by atoms with Crippen LogP contribution in [0.3, 0.4) is 0 Å². The standard InChI is InChI=1S/C13H10BF2NO3/c15-8-3-1-4-9(7-8)17-13(18)10-5-2-6-11(12(10)16)14(19)20/h1-7,19-20H,(H,17,18). The largest absolute Gasteiger partial charge is 0.491 e. The van der Waals surface area contributed by atoms with Crippen molar-refractivity contribution < 1.29 is 23.6 Å². The molecule has 0 saturated heterocycles. The molecular formula is C13H10BF2NO3. The summed E-state index contributed by atoms with van der Waals surface area (Å²) >= 11 is 0. The molecule has 0 aliphatic carbocycles. The molecule has 102 valence electrons. The molecule has 0 aliphatic heterocycles. The second-order valence-electron chi connectivity index (χ2n) is 4.05. The lowest BCUT2D eigenvalue weighted by molar-refractivity contribution is 0.102. The van der Waals surface area contributed by atoms with Crippen LogP contribution in [0, 0.1) is 11.6 Å². The highest BCUT2D eigenvalue weighted by molar-refractivity contribution is 6.58. The van der Waals surface area contributed by atoms with E-state index in [2.05, 4.69) is 5.32 Å². The fourth-order valence-corrected chi connectivity index (χ4v) is 1.69. The van der Waals surface area contributed by atoms with Crippen LogP contribution in [0.1, 0.15) is 10.4 Å². The van der Waals surface area contributed by atoms with E-state index in [1.165, 1.54) is 30.3 Å². The van der Waals surface area contributed by atoms with E-state index in [1.807, 2.05) is 0 Å². The molecule has 0 aromatic heterocycles. The first-order chi connectivity index (χ1) is 9.49. The summed E-state index contributed by atoms with van der Waals surface area (Å²) in [6, 6.07) is 8.80. The van der Waals surface area contributed by atoms with E-state index in [0.717, 1.165) is 12.1 Å². The number of nitrogens with one attached hydrogen (secondary N) is 1. The molecule has 2 aromatic carbocycles. The molecule has 0 heterocycles. The summed E-state index contributed by atoms with van der Waals surface area (Å²) < 4.78 is 26.9. The number of anilines is 1. The van der Waals surface area contributed by atoms with Gasteiger partial charge in [0, 0.05) is 11.2 Å². The zero-order valence-corrected chi connectivity index (χ0v) is 10.2. The second-order valence-corrected chi connectivity index (χ2v) is 4.05. The van der Waals surface area contributed by atoms with Crippen LogP contribution in [-0.2, 0) is 0 Å². The minimum absolute atomic E-state index is 0.171. The Kier molecular flexibility index (Phi) is 4.12. The average Bonchev–Trinajstić information content (AvgIpc) is 2.38. The van der Waals surface area contributed by atoms with Gasteiger partial charge in [0.05, 0.1) is 5.56 Å². The van der Waals surface area contributed by atoms with Gasteiger partial charge in [-0.05, 0) is 24.3 Å². The van der Waals surface area contributed by atoms with Gasteiger partial charge in [0.25, 0.3) is 5.91 Å². The summed E-state index contributed by atoms with van der Waals surface area (Å²) in [5.74, 6) is -2.38. The Morgan fingerprint density at radius 1 is 1.10 bits per heavy atom. The molecule has 0 aliphatic rings. The van der Waals surface area contributed by atoms with E-state index in [9.17, 15) is 13.6 Å². The molecule has 0 saturated carbocycles. The maximum absolute atomic E-state index is 13.9. The monoisotopic (exact) mass is 277 g/mol. The lowest BCUT2D eigenvalue weighted by Crippen LogP contribution is -2.34. The van der Waals surface area contributed by atoms with Crippen LogP contribution in [0.4, 0.5) is 14.5 Å². The van der Waals surface area contributed by atoms with Crippen molar-refractivity contribution in [2.24, 2.45) is 0 Å². The highest BCUT2D eigenvalue weighted by Crippen LogP contribution is 2.12. The first-order valence-electron chi connectivity index (χ1n) is 5.70. The normalized spacial score (nSPS) is 10.2. The highest BCUT2D eigenvalue weighted by atomic mass is 19.1. The van der Waals surface area contributed by atoms with Gasteiger partial charge in [-0.15, -0.1) is 0 Å². The van der Waals surface area contributed by atoms with Gasteiger partial charge in [0.1, 0.15) is 11.6 Å². The van der Waals surface area contributed by atoms with E-state index in [0.29, 0.717) is 0 Å². The molecule has 1 amide bonds. The number of rotatable bonds is 3. The number of carbonyl (C=O) groups excluding carboxylic acids is 1. The molecule has 0 spiro atoms. The van der Waals surface area contributed by atoms with Crippen molar-refractivity contribution in [3.63, 3.8) is 0 Å². The van der Waals surface area contributed by atoms with Gasteiger partial charge in [-0.3, -0.25) is 4.79 Å². The number of hydrogen-bond donors (Lipinski definition) is 3. The van der Waals surface area contributed by atoms with Crippen LogP contribution in [0.5, 0.6) is 0 Å². The van der Waals surface area contributed by atoms with Gasteiger partial charge in [-0.2, -0.15) is 0 Å². The fraction of sp³-hybridized carbons (Fsp3) is 0. The van der Waals surface area contributed by atoms with Crippen LogP contribution in [0.15, 0.2) is 42.5 Å². The van der Waals surface area contributed by atoms with Crippen LogP contribution in [-0.4, -0.2) is 23.1 Å². The van der Waals surface area contributed by atoms with Gasteiger partial charge in [0.2, 0.25) is 0 Å². The number of benzene rings is 2. The zero-order valence-electron chi connectivity index (χ0n) is 10.2. The van der Waals surface area contributed by atoms with Crippen molar-refractivity contribution in [2.45, 2.75) is 0 Å². The molecule has 2 rings (SSSR count). The first kappa shape index (κ1) is 14.2. The van der Waals surface area contributed by atoms with Crippen molar-refractivity contribution in [2.75, 3.05) is 5.32 Å². The zero-order chi connectivity index (χ0) is 14.7. The highest BCUT2D eigenvalue weighted by Gasteiger charge is 2.21. The van der Waals surface area contributed by atoms with Crippen molar-refractivity contribution in [3.05, 3.63) is 59.7 Å². The number of amides is 1. The van der Waals surface area contributed by atoms with Crippen LogP contribution < -0.4 is 10.8 Å². The molecule has 2 aromatic rings. The molecule has 0 radical (unpaired) electrons. The van der Waals surface area contributed by atoms with Gasteiger partial charge in [-0.1, -0.05) is 18.2 Å². The topological polar surface area (TPSA) is 69.6 Å². The smallest absolute Gasteiger partial charge is 0.423 e. The summed E-state index contributed by atoms with van der Waals surface area (Å²) in [5, 5.41) is 20.3. The number of halogens is 2. The van der Waals surface area contributed by atoms with E-state index in [-0.39, 0.29) is 11.3 Å². The molecular weight excluding hydrogens is 267 g/mol. The van der Waals surface area contributed by atoms with Crippen molar-refractivity contribution >= 4 is 24.2 Å². The van der Waals surface area contributed by atoms with Crippen molar-refractivity contribution in [3.8, 4) is 0 Å². The molecule has 0 fully saturated rings. The Labute approximate surface area is 113 Å². The van der Waals surface area contributed by atoms with Crippen LogP contribution >= 0.6 is 0 Å². The predicted octanol–water partition coefficient (Wildman–Crippen LogP) is 0.897. The first-order valence-corrected chi connectivity index (χ1v) is 5.70. The molecule has 7 heteroatoms. The third-order valence-electron chi connectivity index (χ3n) is 2.63. The number of carbonyl (C=O) groups is 1. The number of hydrogen-bond acceptors (Lipinski definition) is 3. The van der Waals surface area contributed by atoms with Crippen LogP contribution in [0.25, 0.3) is 0 Å². The molecule has 0 bridgehead atoms. The minimum atomic E-state index is -2.02. The molecule has 3 N–H and O–H groups in total. The second kappa shape index (κ2) is 5.81. The Morgan fingerprint density at radius 3 is 2.45 bits per heavy atom. The Morgan fingerprint density at radius 2 is 1.80 bits per heavy atom. The predicted molar refractivity (Wildman–Crippen MR) is 70.6 cm³/mol. The minimum Gasteiger partial charge on any atom is -0.423 e. The van der Waals surface area contributed by atoms with Gasteiger partial charge < -0.3 is 15.4 Å². The maximum atomic E-state index is 13.9. The lowest BCUT2D eigenvalue weighted by Gasteiger charge is -2.08. The third-order valence-corrected chi connectivity index (χ3v) is 2.63. The van der Waals surface area contributed by atoms with Crippen molar-refractivity contribution in [1.29, 1.82) is 0 Å². The lowest BCUT2D eigenvalue weighted by atomic mass is 9.79. The summed E-state index contributed by atoms with van der Waals surface area (Å²) in [5.41, 5.74) is -0.596. The van der Waals surface area contributed by atoms with Gasteiger partial charge >= 0.3 is 7.12 Å². The SMILES string of the molecule is O=C(Nc1cccc(F)c1)c1cccc(B(O)O)c1F. The molecule has 0 atom stereocenters. The third kappa shape index (κ3) is 3.01. The average molecular weight is 277 g/mol. The maximum Gasteiger partial charge on any atom is 0.491 e. The molecule has 0 unspecified atom stereocenters. The van der Waals surface area contributed by atoms with E-state index in [1.54, 1.807) is 0 Å². The summed E-state index contributed by atoms with van der Waals surface area (Å²) in [4.78, 5) is 11.9. The summed E-state index contributed by atoms with van der Waals surface area (Å²) in [7, 11) is -2.02. The Balaban J connectivity index is 2.28. The van der Waals surface area contributed by atoms with E-state index >= 15 is 0 Å². The Hall–Kier alpha value is -2.25. The Bertz CT molecular complexity index is 649. The van der Waals surface area contributed by atoms with E-state index in [4.69, 9.17) is 10.0 Å².